The fourth-order valence-electron chi connectivity index (χ4n) is 2.21. The van der Waals surface area contributed by atoms with E-state index in [0.717, 1.165) is 17.3 Å². The predicted molar refractivity (Wildman–Crippen MR) is 88.6 cm³/mol. The highest BCUT2D eigenvalue weighted by Gasteiger charge is 2.12. The summed E-state index contributed by atoms with van der Waals surface area (Å²) in [6.07, 6.45) is 7.01. The van der Waals surface area contributed by atoms with Gasteiger partial charge in [-0.3, -0.25) is 9.36 Å². The second-order valence-corrected chi connectivity index (χ2v) is 5.70. The molecule has 1 atom stereocenters. The smallest absolute Gasteiger partial charge is 0.251 e. The van der Waals surface area contributed by atoms with E-state index in [4.69, 9.17) is 5.11 Å². The van der Waals surface area contributed by atoms with E-state index in [-0.39, 0.29) is 18.6 Å². The van der Waals surface area contributed by atoms with Gasteiger partial charge < -0.3 is 10.4 Å². The van der Waals surface area contributed by atoms with Crippen molar-refractivity contribution in [2.24, 2.45) is 0 Å². The van der Waals surface area contributed by atoms with Gasteiger partial charge >= 0.3 is 0 Å². The molecule has 0 radical (unpaired) electrons. The molecule has 0 bridgehead atoms. The molecule has 0 fully saturated rings. The van der Waals surface area contributed by atoms with Gasteiger partial charge in [0.05, 0.1) is 0 Å². The van der Waals surface area contributed by atoms with Crippen LogP contribution in [0.2, 0.25) is 0 Å². The Bertz CT molecular complexity index is 610. The summed E-state index contributed by atoms with van der Waals surface area (Å²) in [5.41, 5.74) is 1.59. The Labute approximate surface area is 134 Å². The molecule has 2 aromatic rings. The standard InChI is InChI=1S/C16H21N3O2S/c1-3-13(8-11-20)18-15(21)12-4-6-14(7-5-12)19-10-9-17-16(19)22-2/h4-7,9-10,13,20H,3,8,11H2,1-2H3,(H,18,21). The third-order valence-electron chi connectivity index (χ3n) is 3.50. The first-order valence-electron chi connectivity index (χ1n) is 7.29. The molecule has 6 heteroatoms. The lowest BCUT2D eigenvalue weighted by Crippen LogP contribution is -2.35. The third kappa shape index (κ3) is 3.90. The van der Waals surface area contributed by atoms with Gasteiger partial charge in [-0.1, -0.05) is 18.7 Å². The van der Waals surface area contributed by atoms with Crippen LogP contribution in [0.15, 0.2) is 41.8 Å². The Morgan fingerprint density at radius 2 is 2.14 bits per heavy atom. The first-order valence-corrected chi connectivity index (χ1v) is 8.51. The van der Waals surface area contributed by atoms with Crippen LogP contribution in [-0.2, 0) is 0 Å². The number of aromatic nitrogens is 2. The van der Waals surface area contributed by atoms with Crippen LogP contribution in [0.4, 0.5) is 0 Å². The molecular formula is C16H21N3O2S. The van der Waals surface area contributed by atoms with Crippen molar-refractivity contribution in [2.45, 2.75) is 31.0 Å². The summed E-state index contributed by atoms with van der Waals surface area (Å²) in [6.45, 7) is 2.07. The Kier molecular flexibility index (Phi) is 6.03. The van der Waals surface area contributed by atoms with Crippen LogP contribution in [0.3, 0.4) is 0 Å². The van der Waals surface area contributed by atoms with Gasteiger partial charge in [0.25, 0.3) is 5.91 Å². The third-order valence-corrected chi connectivity index (χ3v) is 4.17. The van der Waals surface area contributed by atoms with Gasteiger partial charge in [0.2, 0.25) is 0 Å². The number of thioether (sulfide) groups is 1. The quantitative estimate of drug-likeness (QED) is 0.770. The minimum absolute atomic E-state index is 0.00826. The Hall–Kier alpha value is -1.79. The lowest BCUT2D eigenvalue weighted by molar-refractivity contribution is 0.0929. The summed E-state index contributed by atoms with van der Waals surface area (Å²) in [5.74, 6) is -0.109. The molecule has 2 rings (SSSR count). The van der Waals surface area contributed by atoms with Crippen LogP contribution in [0.1, 0.15) is 30.1 Å². The molecule has 5 nitrogen and oxygen atoms in total. The maximum absolute atomic E-state index is 12.2. The summed E-state index contributed by atoms with van der Waals surface area (Å²) in [5, 5.41) is 12.8. The molecule has 118 valence electrons. The number of imidazole rings is 1. The number of amides is 1. The van der Waals surface area contributed by atoms with Crippen LogP contribution >= 0.6 is 11.8 Å². The molecule has 1 heterocycles. The van der Waals surface area contributed by atoms with Crippen molar-refractivity contribution >= 4 is 17.7 Å². The maximum Gasteiger partial charge on any atom is 0.251 e. The van der Waals surface area contributed by atoms with Crippen molar-refractivity contribution in [3.05, 3.63) is 42.2 Å². The molecule has 0 spiro atoms. The maximum atomic E-state index is 12.2. The fourth-order valence-corrected chi connectivity index (χ4v) is 2.74. The van der Waals surface area contributed by atoms with Gasteiger partial charge in [0.1, 0.15) is 0 Å². The monoisotopic (exact) mass is 319 g/mol. The average Bonchev–Trinajstić information content (AvgIpc) is 3.03. The number of hydrogen-bond acceptors (Lipinski definition) is 4. The normalized spacial score (nSPS) is 12.1. The Morgan fingerprint density at radius 1 is 1.41 bits per heavy atom. The minimum atomic E-state index is -0.109. The van der Waals surface area contributed by atoms with E-state index >= 15 is 0 Å². The summed E-state index contributed by atoms with van der Waals surface area (Å²) < 4.78 is 1.98. The molecule has 0 saturated carbocycles. The molecule has 22 heavy (non-hydrogen) atoms. The van der Waals surface area contributed by atoms with Gasteiger partial charge in [-0.2, -0.15) is 0 Å². The van der Waals surface area contributed by atoms with E-state index in [0.29, 0.717) is 12.0 Å². The number of aliphatic hydroxyl groups excluding tert-OH is 1. The van der Waals surface area contributed by atoms with Crippen molar-refractivity contribution in [1.82, 2.24) is 14.9 Å². The highest BCUT2D eigenvalue weighted by atomic mass is 32.2. The Balaban J connectivity index is 2.10. The van der Waals surface area contributed by atoms with Crippen LogP contribution in [0.25, 0.3) is 5.69 Å². The van der Waals surface area contributed by atoms with Crippen molar-refractivity contribution < 1.29 is 9.90 Å². The molecule has 0 aliphatic carbocycles. The molecular weight excluding hydrogens is 298 g/mol. The number of aliphatic hydroxyl groups is 1. The van der Waals surface area contributed by atoms with Gasteiger partial charge in [0, 0.05) is 36.3 Å². The van der Waals surface area contributed by atoms with Crippen molar-refractivity contribution in [2.75, 3.05) is 12.9 Å². The first kappa shape index (κ1) is 16.6. The zero-order valence-corrected chi connectivity index (χ0v) is 13.6. The van der Waals surface area contributed by atoms with E-state index in [1.807, 2.05) is 36.1 Å². The first-order chi connectivity index (χ1) is 10.7. The zero-order chi connectivity index (χ0) is 15.9. The summed E-state index contributed by atoms with van der Waals surface area (Å²) >= 11 is 1.57. The lowest BCUT2D eigenvalue weighted by atomic mass is 10.1. The zero-order valence-electron chi connectivity index (χ0n) is 12.8. The minimum Gasteiger partial charge on any atom is -0.396 e. The number of carbonyl (C=O) groups excluding carboxylic acids is 1. The van der Waals surface area contributed by atoms with E-state index in [9.17, 15) is 4.79 Å². The number of rotatable bonds is 7. The van der Waals surface area contributed by atoms with Gasteiger partial charge in [-0.25, -0.2) is 4.98 Å². The van der Waals surface area contributed by atoms with E-state index in [1.54, 1.807) is 30.1 Å². The van der Waals surface area contributed by atoms with Crippen LogP contribution < -0.4 is 5.32 Å². The van der Waals surface area contributed by atoms with Crippen LogP contribution in [0, 0.1) is 0 Å². The lowest BCUT2D eigenvalue weighted by Gasteiger charge is -2.16. The van der Waals surface area contributed by atoms with Crippen LogP contribution in [-0.4, -0.2) is 39.5 Å². The Morgan fingerprint density at radius 3 is 2.73 bits per heavy atom. The van der Waals surface area contributed by atoms with Crippen molar-refractivity contribution in [3.8, 4) is 5.69 Å². The summed E-state index contributed by atoms with van der Waals surface area (Å²) in [6, 6.07) is 7.43. The van der Waals surface area contributed by atoms with E-state index < -0.39 is 0 Å². The van der Waals surface area contributed by atoms with Gasteiger partial charge in [0.15, 0.2) is 5.16 Å². The van der Waals surface area contributed by atoms with Crippen LogP contribution in [0.5, 0.6) is 0 Å². The number of nitrogens with zero attached hydrogens (tertiary/aromatic N) is 2. The molecule has 0 saturated heterocycles. The SMILES string of the molecule is CCC(CCO)NC(=O)c1ccc(-n2ccnc2SC)cc1. The molecule has 2 N–H and O–H groups in total. The second kappa shape index (κ2) is 8.00. The topological polar surface area (TPSA) is 67.2 Å². The highest BCUT2D eigenvalue weighted by molar-refractivity contribution is 7.98. The fraction of sp³-hybridized carbons (Fsp3) is 0.375. The summed E-state index contributed by atoms with van der Waals surface area (Å²) in [4.78, 5) is 16.5. The number of benzene rings is 1. The molecule has 1 aromatic carbocycles. The van der Waals surface area contributed by atoms with E-state index in [1.165, 1.54) is 0 Å². The number of nitrogens with one attached hydrogen (secondary N) is 1. The molecule has 0 aliphatic heterocycles. The largest absolute Gasteiger partial charge is 0.396 e. The van der Waals surface area contributed by atoms with E-state index in [2.05, 4.69) is 10.3 Å². The predicted octanol–water partition coefficient (Wildman–Crippen LogP) is 2.49. The number of hydrogen-bond donors (Lipinski definition) is 2. The van der Waals surface area contributed by atoms with Crippen molar-refractivity contribution in [1.29, 1.82) is 0 Å². The number of carbonyl (C=O) groups is 1. The average molecular weight is 319 g/mol. The summed E-state index contributed by atoms with van der Waals surface area (Å²) in [7, 11) is 0. The molecule has 1 unspecified atom stereocenters. The van der Waals surface area contributed by atoms with Gasteiger partial charge in [-0.15, -0.1) is 0 Å². The van der Waals surface area contributed by atoms with Crippen molar-refractivity contribution in [3.63, 3.8) is 0 Å². The highest BCUT2D eigenvalue weighted by Crippen LogP contribution is 2.18. The molecule has 1 aromatic heterocycles. The molecule has 1 amide bonds. The second-order valence-electron chi connectivity index (χ2n) is 4.92. The van der Waals surface area contributed by atoms with Gasteiger partial charge in [-0.05, 0) is 43.4 Å². The molecule has 0 aliphatic rings.